The van der Waals surface area contributed by atoms with Crippen LogP contribution in [0.1, 0.15) is 62.6 Å². The Bertz CT molecular complexity index is 1530. The van der Waals surface area contributed by atoms with E-state index in [0.717, 1.165) is 40.9 Å². The minimum Gasteiger partial charge on any atom is -0.399 e. The third-order valence-electron chi connectivity index (χ3n) is 11.5. The van der Waals surface area contributed by atoms with E-state index in [1.165, 1.54) is 0 Å². The van der Waals surface area contributed by atoms with Gasteiger partial charge in [0.1, 0.15) is 6.61 Å². The highest BCUT2D eigenvalue weighted by atomic mass is 16.7. The molecule has 4 fully saturated rings. The highest BCUT2D eigenvalue weighted by Crippen LogP contribution is 2.70. The smallest absolute Gasteiger partial charge is 0.200 e. The number of aromatic nitrogens is 1. The third-order valence-corrected chi connectivity index (χ3v) is 11.5. The molecule has 9 atom stereocenters. The standard InChI is InChI=1S/C34H40N2O6/c1-32-10-9-23(38)14-21(32)7-8-24-25-15-29-34(28(40)18-37,33(25,2)16-27(39)30(24)32)42-31(41-29)26-13-20(17-36(26)3)11-19-5-4-6-22(35)12-19/h4-6,9-10,12-14,17,24-25,27,29-31,37,39H,7-8,11,15-16,18,35H2,1-3H3/t24-,25-,27-,29+,30+,31+,32-,33-,34+/m0/s1. The number of fused-ring (bicyclic) bond motifs is 7. The fraction of sp³-hybridized carbons (Fsp3) is 0.529. The largest absolute Gasteiger partial charge is 0.399 e. The zero-order valence-corrected chi connectivity index (χ0v) is 24.5. The van der Waals surface area contributed by atoms with Gasteiger partial charge >= 0.3 is 0 Å². The second kappa shape index (κ2) is 9.48. The molecule has 2 aromatic rings. The number of anilines is 1. The molecule has 0 amide bonds. The highest BCUT2D eigenvalue weighted by molar-refractivity contribution is 6.01. The Labute approximate surface area is 246 Å². The molecule has 5 aliphatic rings. The minimum absolute atomic E-state index is 0.00327. The van der Waals surface area contributed by atoms with Crippen molar-refractivity contribution in [3.8, 4) is 0 Å². The van der Waals surface area contributed by atoms with Crippen LogP contribution < -0.4 is 5.73 Å². The maximum Gasteiger partial charge on any atom is 0.200 e. The maximum atomic E-state index is 13.8. The molecule has 1 aliphatic heterocycles. The number of rotatable bonds is 5. The van der Waals surface area contributed by atoms with Gasteiger partial charge in [0.15, 0.2) is 17.2 Å². The van der Waals surface area contributed by atoms with Gasteiger partial charge in [0.05, 0.1) is 17.9 Å². The van der Waals surface area contributed by atoms with Crippen LogP contribution >= 0.6 is 0 Å². The number of Topliss-reactive ketones (excluding diaryl/α,β-unsaturated/α-hetero) is 1. The third kappa shape index (κ3) is 3.75. The van der Waals surface area contributed by atoms with E-state index < -0.39 is 41.5 Å². The molecule has 1 saturated heterocycles. The molecule has 8 heteroatoms. The van der Waals surface area contributed by atoms with Crippen molar-refractivity contribution in [1.29, 1.82) is 0 Å². The summed E-state index contributed by atoms with van der Waals surface area (Å²) in [5, 5.41) is 22.1. The lowest BCUT2D eigenvalue weighted by Crippen LogP contribution is -2.63. The van der Waals surface area contributed by atoms with Crippen LogP contribution in [0.15, 0.2) is 60.3 Å². The predicted molar refractivity (Wildman–Crippen MR) is 156 cm³/mol. The molecule has 1 aromatic heterocycles. The van der Waals surface area contributed by atoms with Gasteiger partial charge in [0.2, 0.25) is 6.29 Å². The number of ether oxygens (including phenoxy) is 2. The van der Waals surface area contributed by atoms with Gasteiger partial charge in [0.25, 0.3) is 0 Å². The summed E-state index contributed by atoms with van der Waals surface area (Å²) in [6, 6.07) is 9.85. The average Bonchev–Trinajstić information content (AvgIpc) is 3.57. The Balaban J connectivity index is 1.21. The van der Waals surface area contributed by atoms with Gasteiger partial charge in [0, 0.05) is 35.7 Å². The molecule has 0 radical (unpaired) electrons. The topological polar surface area (TPSA) is 124 Å². The predicted octanol–water partition coefficient (Wildman–Crippen LogP) is 3.80. The summed E-state index contributed by atoms with van der Waals surface area (Å²) in [5.41, 5.74) is 8.26. The van der Waals surface area contributed by atoms with Crippen LogP contribution in [0.5, 0.6) is 0 Å². The number of nitrogens with zero attached hydrogens (tertiary/aromatic N) is 1. The quantitative estimate of drug-likeness (QED) is 0.466. The van der Waals surface area contributed by atoms with E-state index in [4.69, 9.17) is 15.2 Å². The lowest BCUT2D eigenvalue weighted by molar-refractivity contribution is -0.202. The number of nitrogens with two attached hydrogens (primary N) is 1. The first-order chi connectivity index (χ1) is 20.0. The van der Waals surface area contributed by atoms with E-state index in [1.54, 1.807) is 12.2 Å². The van der Waals surface area contributed by atoms with Crippen molar-refractivity contribution >= 4 is 17.3 Å². The Kier molecular flexibility index (Phi) is 6.27. The number of aryl methyl sites for hydroxylation is 1. The summed E-state index contributed by atoms with van der Waals surface area (Å²) in [4.78, 5) is 26.0. The lowest BCUT2D eigenvalue weighted by Gasteiger charge is -2.59. The van der Waals surface area contributed by atoms with Crippen molar-refractivity contribution in [2.75, 3.05) is 12.3 Å². The van der Waals surface area contributed by atoms with Gasteiger partial charge in [-0.3, -0.25) is 9.59 Å². The second-order valence-corrected chi connectivity index (χ2v) is 13.6. The van der Waals surface area contributed by atoms with Crippen molar-refractivity contribution in [2.24, 2.45) is 35.6 Å². The number of carbonyl (C=O) groups excluding carboxylic acids is 2. The van der Waals surface area contributed by atoms with Gasteiger partial charge in [-0.05, 0) is 85.4 Å². The summed E-state index contributed by atoms with van der Waals surface area (Å²) in [5.74, 6) is -0.269. The first-order valence-corrected chi connectivity index (χ1v) is 15.1. The van der Waals surface area contributed by atoms with Gasteiger partial charge < -0.3 is 30.0 Å². The van der Waals surface area contributed by atoms with Crippen molar-refractivity contribution in [2.45, 2.75) is 70.1 Å². The first-order valence-electron chi connectivity index (χ1n) is 15.1. The van der Waals surface area contributed by atoms with Crippen molar-refractivity contribution in [3.05, 3.63) is 77.2 Å². The maximum absolute atomic E-state index is 13.8. The van der Waals surface area contributed by atoms with Crippen molar-refractivity contribution in [3.63, 3.8) is 0 Å². The molecule has 4 N–H and O–H groups in total. The molecule has 1 aromatic carbocycles. The number of allylic oxidation sites excluding steroid dienone is 4. The zero-order chi connectivity index (χ0) is 29.6. The molecule has 7 rings (SSSR count). The highest BCUT2D eigenvalue weighted by Gasteiger charge is 2.76. The van der Waals surface area contributed by atoms with Gasteiger partial charge in [-0.25, -0.2) is 0 Å². The number of aliphatic hydroxyl groups excluding tert-OH is 2. The molecule has 0 bridgehead atoms. The second-order valence-electron chi connectivity index (χ2n) is 13.6. The fourth-order valence-corrected chi connectivity index (χ4v) is 9.74. The Morgan fingerprint density at radius 1 is 1.21 bits per heavy atom. The van der Waals surface area contributed by atoms with Crippen LogP contribution in [0, 0.1) is 28.6 Å². The van der Waals surface area contributed by atoms with E-state index in [2.05, 4.69) is 13.8 Å². The van der Waals surface area contributed by atoms with E-state index in [1.807, 2.05) is 54.2 Å². The summed E-state index contributed by atoms with van der Waals surface area (Å²) < 4.78 is 15.4. The SMILES string of the molecule is Cn1cc(Cc2cccc(N)c2)cc1[C@@H]1O[C@@H]2C[C@H]3[C@@H]4CCC5=CC(=O)C=C[C@]5(C)[C@H]4[C@@H](O)C[C@]3(C)[C@]2(C(=O)CO)O1. The van der Waals surface area contributed by atoms with Crippen LogP contribution in [0.4, 0.5) is 5.69 Å². The van der Waals surface area contributed by atoms with Crippen LogP contribution in [0.2, 0.25) is 0 Å². The zero-order valence-electron chi connectivity index (χ0n) is 24.5. The molecular weight excluding hydrogens is 532 g/mol. The van der Waals surface area contributed by atoms with Crippen molar-refractivity contribution in [1.82, 2.24) is 4.57 Å². The number of ketones is 2. The Morgan fingerprint density at radius 2 is 2.02 bits per heavy atom. The molecule has 8 nitrogen and oxygen atoms in total. The fourth-order valence-electron chi connectivity index (χ4n) is 9.74. The summed E-state index contributed by atoms with van der Waals surface area (Å²) in [6.07, 6.45) is 8.66. The van der Waals surface area contributed by atoms with Crippen LogP contribution in [0.25, 0.3) is 0 Å². The molecule has 0 spiro atoms. The molecule has 4 aliphatic carbocycles. The van der Waals surface area contributed by atoms with E-state index in [0.29, 0.717) is 19.3 Å². The molecule has 0 unspecified atom stereocenters. The van der Waals surface area contributed by atoms with Gasteiger partial charge in [-0.15, -0.1) is 0 Å². The minimum atomic E-state index is -1.36. The molecule has 2 heterocycles. The molecule has 222 valence electrons. The summed E-state index contributed by atoms with van der Waals surface area (Å²) in [6.45, 7) is 3.54. The number of hydrogen-bond acceptors (Lipinski definition) is 7. The van der Waals surface area contributed by atoms with E-state index in [9.17, 15) is 19.8 Å². The summed E-state index contributed by atoms with van der Waals surface area (Å²) in [7, 11) is 1.94. The normalized spacial score (nSPS) is 40.2. The van der Waals surface area contributed by atoms with E-state index >= 15 is 0 Å². The number of hydrogen-bond donors (Lipinski definition) is 3. The number of aliphatic hydroxyl groups is 2. The number of benzene rings is 1. The van der Waals surface area contributed by atoms with Crippen LogP contribution in [0.3, 0.4) is 0 Å². The molecular formula is C34H40N2O6. The van der Waals surface area contributed by atoms with Crippen LogP contribution in [-0.2, 0) is 32.5 Å². The van der Waals surface area contributed by atoms with Crippen LogP contribution in [-0.4, -0.2) is 50.8 Å². The first kappa shape index (κ1) is 27.8. The molecule has 3 saturated carbocycles. The van der Waals surface area contributed by atoms with E-state index in [-0.39, 0.29) is 29.3 Å². The Hall–Kier alpha value is -3.04. The number of carbonyl (C=O) groups is 2. The summed E-state index contributed by atoms with van der Waals surface area (Å²) >= 11 is 0. The average molecular weight is 573 g/mol. The monoisotopic (exact) mass is 572 g/mol. The van der Waals surface area contributed by atoms with Gasteiger partial charge in [-0.1, -0.05) is 37.6 Å². The number of nitrogen functional groups attached to an aromatic ring is 1. The Morgan fingerprint density at radius 3 is 2.79 bits per heavy atom. The lowest BCUT2D eigenvalue weighted by atomic mass is 9.46. The van der Waals surface area contributed by atoms with Gasteiger partial charge in [-0.2, -0.15) is 0 Å². The molecule has 42 heavy (non-hydrogen) atoms. The van der Waals surface area contributed by atoms with Crippen molar-refractivity contribution < 1.29 is 29.3 Å².